The number of nitrogens with zero attached hydrogens (tertiary/aromatic N) is 1. The van der Waals surface area contributed by atoms with Gasteiger partial charge in [0.2, 0.25) is 0 Å². The minimum Gasteiger partial charge on any atom is -0.493 e. The van der Waals surface area contributed by atoms with Crippen LogP contribution in [0.15, 0.2) is 127 Å². The molecular formula is C48H45NO6. The molecule has 0 unspecified atom stereocenters. The van der Waals surface area contributed by atoms with E-state index >= 15 is 0 Å². The summed E-state index contributed by atoms with van der Waals surface area (Å²) in [4.78, 5) is 2.25. The zero-order valence-corrected chi connectivity index (χ0v) is 32.0. The molecule has 0 N–H and O–H groups in total. The Hall–Kier alpha value is -6.86. The van der Waals surface area contributed by atoms with E-state index in [1.165, 1.54) is 0 Å². The van der Waals surface area contributed by atoms with Gasteiger partial charge in [-0.05, 0) is 71.3 Å². The fraction of sp³-hybridized carbons (Fsp3) is 0.125. The van der Waals surface area contributed by atoms with Crippen molar-refractivity contribution in [1.82, 2.24) is 0 Å². The molecule has 0 bridgehead atoms. The smallest absolute Gasteiger partial charge is 0.167 e. The maximum absolute atomic E-state index is 5.62. The molecule has 0 aliphatic rings. The van der Waals surface area contributed by atoms with Gasteiger partial charge >= 0.3 is 0 Å². The number of anilines is 3. The Morgan fingerprint density at radius 3 is 0.818 bits per heavy atom. The minimum atomic E-state index is 0.693. The van der Waals surface area contributed by atoms with E-state index in [0.717, 1.165) is 50.4 Å². The maximum Gasteiger partial charge on any atom is 0.167 e. The van der Waals surface area contributed by atoms with Crippen LogP contribution in [0.1, 0.15) is 33.4 Å². The van der Waals surface area contributed by atoms with Crippen molar-refractivity contribution < 1.29 is 28.4 Å². The third-order valence-electron chi connectivity index (χ3n) is 9.12. The molecule has 7 nitrogen and oxygen atoms in total. The highest BCUT2D eigenvalue weighted by Crippen LogP contribution is 2.37. The van der Waals surface area contributed by atoms with Crippen molar-refractivity contribution in [2.24, 2.45) is 0 Å². The molecule has 0 radical (unpaired) electrons. The summed E-state index contributed by atoms with van der Waals surface area (Å²) in [6, 6.07) is 43.0. The molecule has 6 rings (SSSR count). The van der Waals surface area contributed by atoms with Crippen molar-refractivity contribution in [3.63, 3.8) is 0 Å². The van der Waals surface area contributed by atoms with Gasteiger partial charge in [-0.25, -0.2) is 0 Å². The number of hydrogen-bond donors (Lipinski definition) is 0. The summed E-state index contributed by atoms with van der Waals surface area (Å²) in [5.74, 6) is 4.18. The van der Waals surface area contributed by atoms with Gasteiger partial charge in [-0.3, -0.25) is 0 Å². The van der Waals surface area contributed by atoms with Gasteiger partial charge in [-0.1, -0.05) is 109 Å². The number of methoxy groups -OCH3 is 6. The van der Waals surface area contributed by atoms with Crippen LogP contribution in [0.5, 0.6) is 34.5 Å². The molecular weight excluding hydrogens is 687 g/mol. The second-order valence-corrected chi connectivity index (χ2v) is 12.4. The lowest BCUT2D eigenvalue weighted by Gasteiger charge is -2.26. The average molecular weight is 732 g/mol. The molecule has 0 aliphatic carbocycles. The van der Waals surface area contributed by atoms with Crippen LogP contribution in [0, 0.1) is 0 Å². The molecule has 55 heavy (non-hydrogen) atoms. The SMILES string of the molecule is COc1cccc(C=Cc2ccc(N(c3ccc(C=Cc4cccc(OC)c4OC)cc3)c3ccc(C=Cc4cccc(OC)c4OC)cc3)cc2)c1OC. The first-order chi connectivity index (χ1) is 27.0. The fourth-order valence-corrected chi connectivity index (χ4v) is 6.34. The van der Waals surface area contributed by atoms with Crippen LogP contribution in [0.4, 0.5) is 17.1 Å². The number of benzene rings is 6. The monoisotopic (exact) mass is 731 g/mol. The summed E-state index contributed by atoms with van der Waals surface area (Å²) in [6.45, 7) is 0. The lowest BCUT2D eigenvalue weighted by molar-refractivity contribution is 0.354. The van der Waals surface area contributed by atoms with Crippen molar-refractivity contribution in [2.45, 2.75) is 0 Å². The van der Waals surface area contributed by atoms with Crippen molar-refractivity contribution in [1.29, 1.82) is 0 Å². The highest BCUT2D eigenvalue weighted by atomic mass is 16.5. The van der Waals surface area contributed by atoms with Gasteiger partial charge in [0.05, 0.1) is 42.7 Å². The van der Waals surface area contributed by atoms with Gasteiger partial charge < -0.3 is 33.3 Å². The molecule has 6 aromatic carbocycles. The molecule has 0 fully saturated rings. The Balaban J connectivity index is 1.31. The Morgan fingerprint density at radius 2 is 0.582 bits per heavy atom. The number of para-hydroxylation sites is 3. The summed E-state index contributed by atoms with van der Waals surface area (Å²) in [7, 11) is 9.89. The molecule has 0 spiro atoms. The molecule has 0 saturated heterocycles. The second kappa shape index (κ2) is 18.3. The van der Waals surface area contributed by atoms with E-state index in [0.29, 0.717) is 34.5 Å². The summed E-state index contributed by atoms with van der Waals surface area (Å²) < 4.78 is 33.3. The van der Waals surface area contributed by atoms with Crippen LogP contribution < -0.4 is 33.3 Å². The van der Waals surface area contributed by atoms with Crippen molar-refractivity contribution in [3.05, 3.63) is 161 Å². The van der Waals surface area contributed by atoms with Gasteiger partial charge in [0.1, 0.15) is 0 Å². The lowest BCUT2D eigenvalue weighted by atomic mass is 10.1. The Morgan fingerprint density at radius 1 is 0.309 bits per heavy atom. The largest absolute Gasteiger partial charge is 0.493 e. The Bertz CT molecular complexity index is 2010. The summed E-state index contributed by atoms with van der Waals surface area (Å²) in [5, 5.41) is 0. The third kappa shape index (κ3) is 8.86. The zero-order valence-electron chi connectivity index (χ0n) is 32.0. The normalized spacial score (nSPS) is 11.2. The molecule has 7 heteroatoms. The van der Waals surface area contributed by atoms with Crippen LogP contribution in [-0.2, 0) is 0 Å². The van der Waals surface area contributed by atoms with Gasteiger partial charge in [-0.2, -0.15) is 0 Å². The van der Waals surface area contributed by atoms with E-state index in [4.69, 9.17) is 28.4 Å². The van der Waals surface area contributed by atoms with E-state index in [1.54, 1.807) is 42.7 Å². The first kappa shape index (κ1) is 37.9. The van der Waals surface area contributed by atoms with Gasteiger partial charge in [-0.15, -0.1) is 0 Å². The molecule has 0 amide bonds. The average Bonchev–Trinajstić information content (AvgIpc) is 3.24. The Labute approximate surface area is 323 Å². The first-order valence-electron chi connectivity index (χ1n) is 17.8. The minimum absolute atomic E-state index is 0.693. The van der Waals surface area contributed by atoms with Crippen molar-refractivity contribution >= 4 is 53.5 Å². The van der Waals surface area contributed by atoms with Gasteiger partial charge in [0.25, 0.3) is 0 Å². The van der Waals surface area contributed by atoms with Crippen LogP contribution in [0.25, 0.3) is 36.5 Å². The predicted octanol–water partition coefficient (Wildman–Crippen LogP) is 11.7. The van der Waals surface area contributed by atoms with E-state index in [1.807, 2.05) is 72.8 Å². The molecule has 0 aromatic heterocycles. The van der Waals surface area contributed by atoms with E-state index < -0.39 is 0 Å². The number of hydrogen-bond acceptors (Lipinski definition) is 7. The molecule has 0 saturated carbocycles. The topological polar surface area (TPSA) is 58.6 Å². The summed E-state index contributed by atoms with van der Waals surface area (Å²) >= 11 is 0. The molecule has 0 aliphatic heterocycles. The van der Waals surface area contributed by atoms with Crippen LogP contribution in [0.2, 0.25) is 0 Å². The summed E-state index contributed by atoms with van der Waals surface area (Å²) in [5.41, 5.74) is 9.02. The summed E-state index contributed by atoms with van der Waals surface area (Å²) in [6.07, 6.45) is 12.3. The standard InChI is InChI=1S/C48H45NO6/c1-50-43-13-7-10-37(46(43)53-4)25-16-34-19-28-40(29-20-34)49(41-30-21-35(22-31-41)17-26-38-11-8-14-44(51-2)47(38)54-5)42-32-23-36(24-33-42)18-27-39-12-9-15-45(52-3)48(39)55-6/h7-33H,1-6H3. The zero-order chi connectivity index (χ0) is 38.6. The van der Waals surface area contributed by atoms with Crippen LogP contribution in [-0.4, -0.2) is 42.7 Å². The molecule has 0 heterocycles. The number of rotatable bonds is 15. The van der Waals surface area contributed by atoms with E-state index in [-0.39, 0.29) is 0 Å². The van der Waals surface area contributed by atoms with Crippen LogP contribution in [0.3, 0.4) is 0 Å². The maximum atomic E-state index is 5.62. The lowest BCUT2D eigenvalue weighted by Crippen LogP contribution is -2.09. The fourth-order valence-electron chi connectivity index (χ4n) is 6.34. The van der Waals surface area contributed by atoms with Crippen LogP contribution >= 0.6 is 0 Å². The second-order valence-electron chi connectivity index (χ2n) is 12.4. The third-order valence-corrected chi connectivity index (χ3v) is 9.12. The quantitative estimate of drug-likeness (QED) is 0.0975. The molecule has 0 atom stereocenters. The first-order valence-corrected chi connectivity index (χ1v) is 17.8. The van der Waals surface area contributed by atoms with Crippen molar-refractivity contribution in [2.75, 3.05) is 47.6 Å². The van der Waals surface area contributed by atoms with E-state index in [2.05, 4.69) is 95.9 Å². The highest BCUT2D eigenvalue weighted by molar-refractivity contribution is 5.82. The van der Waals surface area contributed by atoms with E-state index in [9.17, 15) is 0 Å². The van der Waals surface area contributed by atoms with Gasteiger partial charge in [0, 0.05) is 33.8 Å². The molecule has 278 valence electrons. The molecule has 6 aromatic rings. The predicted molar refractivity (Wildman–Crippen MR) is 227 cm³/mol. The van der Waals surface area contributed by atoms with Gasteiger partial charge in [0.15, 0.2) is 34.5 Å². The number of ether oxygens (including phenoxy) is 6. The highest BCUT2D eigenvalue weighted by Gasteiger charge is 2.14. The Kier molecular flexibility index (Phi) is 12.6. The van der Waals surface area contributed by atoms with Crippen molar-refractivity contribution in [3.8, 4) is 34.5 Å².